The van der Waals surface area contributed by atoms with Gasteiger partial charge in [-0.2, -0.15) is 11.8 Å². The maximum Gasteiger partial charge on any atom is 0.191 e. The first-order valence-electron chi connectivity index (χ1n) is 6.55. The lowest BCUT2D eigenvalue weighted by molar-refractivity contribution is 0.236. The van der Waals surface area contributed by atoms with Gasteiger partial charge in [0.2, 0.25) is 0 Å². The Labute approximate surface area is 133 Å². The van der Waals surface area contributed by atoms with Crippen LogP contribution < -0.4 is 5.73 Å². The molecule has 0 bridgehead atoms. The molecule has 0 aromatic rings. The first-order valence-corrected chi connectivity index (χ1v) is 7.71. The van der Waals surface area contributed by atoms with E-state index in [1.165, 1.54) is 11.5 Å². The summed E-state index contributed by atoms with van der Waals surface area (Å²) >= 11 is 1.99. The molecule has 0 radical (unpaired) electrons. The molecule has 1 fully saturated rings. The molecule has 1 heterocycles. The van der Waals surface area contributed by atoms with E-state index in [1.807, 2.05) is 11.8 Å². The van der Waals surface area contributed by atoms with Crippen molar-refractivity contribution in [1.29, 1.82) is 0 Å². The molecule has 1 saturated heterocycles. The topological polar surface area (TPSA) is 44.9 Å². The Morgan fingerprint density at radius 2 is 1.89 bits per heavy atom. The summed E-state index contributed by atoms with van der Waals surface area (Å²) in [4.78, 5) is 9.14. The van der Waals surface area contributed by atoms with Crippen LogP contribution in [-0.4, -0.2) is 66.0 Å². The quantitative estimate of drug-likeness (QED) is 0.444. The summed E-state index contributed by atoms with van der Waals surface area (Å²) in [5.41, 5.74) is 6.03. The highest BCUT2D eigenvalue weighted by atomic mass is 127. The summed E-state index contributed by atoms with van der Waals surface area (Å²) in [5.74, 6) is 3.06. The molecule has 6 heteroatoms. The lowest BCUT2D eigenvalue weighted by Gasteiger charge is -2.28. The second-order valence-electron chi connectivity index (χ2n) is 4.37. The average molecular weight is 386 g/mol. The van der Waals surface area contributed by atoms with Crippen LogP contribution in [0.15, 0.2) is 4.99 Å². The molecule has 18 heavy (non-hydrogen) atoms. The molecule has 4 nitrogen and oxygen atoms in total. The lowest BCUT2D eigenvalue weighted by Crippen LogP contribution is -2.43. The van der Waals surface area contributed by atoms with E-state index in [4.69, 9.17) is 5.73 Å². The van der Waals surface area contributed by atoms with Crippen molar-refractivity contribution in [2.24, 2.45) is 10.7 Å². The molecule has 108 valence electrons. The average Bonchev–Trinajstić information content (AvgIpc) is 2.38. The van der Waals surface area contributed by atoms with Crippen LogP contribution in [0, 0.1) is 0 Å². The van der Waals surface area contributed by atoms with Gasteiger partial charge in [0.05, 0.1) is 6.54 Å². The van der Waals surface area contributed by atoms with Crippen molar-refractivity contribution < 1.29 is 0 Å². The van der Waals surface area contributed by atoms with Gasteiger partial charge in [-0.15, -0.1) is 24.0 Å². The van der Waals surface area contributed by atoms with Crippen LogP contribution in [0.3, 0.4) is 0 Å². The van der Waals surface area contributed by atoms with Gasteiger partial charge in [0.25, 0.3) is 0 Å². The number of rotatable bonds is 5. The van der Waals surface area contributed by atoms with Crippen LogP contribution in [0.1, 0.15) is 20.8 Å². The van der Waals surface area contributed by atoms with E-state index in [9.17, 15) is 0 Å². The van der Waals surface area contributed by atoms with Crippen LogP contribution >= 0.6 is 35.7 Å². The predicted octanol–water partition coefficient (Wildman–Crippen LogP) is 1.70. The second-order valence-corrected chi connectivity index (χ2v) is 5.59. The normalized spacial score (nSPS) is 18.7. The van der Waals surface area contributed by atoms with Crippen LogP contribution in [0.4, 0.5) is 0 Å². The van der Waals surface area contributed by atoms with Gasteiger partial charge < -0.3 is 10.6 Å². The summed E-state index contributed by atoms with van der Waals surface area (Å²) in [6.07, 6.45) is 0. The summed E-state index contributed by atoms with van der Waals surface area (Å²) < 4.78 is 0. The van der Waals surface area contributed by atoms with E-state index in [2.05, 4.69) is 35.6 Å². The molecule has 0 amide bonds. The Bertz CT molecular complexity index is 240. The van der Waals surface area contributed by atoms with Gasteiger partial charge in [-0.1, -0.05) is 13.8 Å². The third-order valence-electron chi connectivity index (χ3n) is 3.29. The molecule has 1 atom stereocenters. The van der Waals surface area contributed by atoms with Crippen LogP contribution in [0.5, 0.6) is 0 Å². The SMILES string of the molecule is CCN(CC)C(C)CN=C(N)N1CCSCC1.I. The van der Waals surface area contributed by atoms with E-state index >= 15 is 0 Å². The van der Waals surface area contributed by atoms with Crippen LogP contribution in [-0.2, 0) is 0 Å². The highest BCUT2D eigenvalue weighted by Gasteiger charge is 2.13. The van der Waals surface area contributed by atoms with E-state index in [0.717, 1.165) is 38.7 Å². The van der Waals surface area contributed by atoms with Crippen molar-refractivity contribution in [2.75, 3.05) is 44.2 Å². The zero-order valence-corrected chi connectivity index (χ0v) is 14.9. The number of guanidine groups is 1. The minimum Gasteiger partial charge on any atom is -0.370 e. The Balaban J connectivity index is 0.00000289. The van der Waals surface area contributed by atoms with Crippen molar-refractivity contribution in [3.8, 4) is 0 Å². The minimum atomic E-state index is 0. The summed E-state index contributed by atoms with van der Waals surface area (Å²) in [6.45, 7) is 11.6. The smallest absolute Gasteiger partial charge is 0.191 e. The standard InChI is InChI=1S/C12H26N4S.HI/c1-4-15(5-2)11(3)10-14-12(13)16-6-8-17-9-7-16;/h11H,4-10H2,1-3H3,(H2,13,14);1H. The van der Waals surface area contributed by atoms with E-state index in [1.54, 1.807) is 0 Å². The van der Waals surface area contributed by atoms with Crippen LogP contribution in [0.2, 0.25) is 0 Å². The van der Waals surface area contributed by atoms with Crippen molar-refractivity contribution in [3.05, 3.63) is 0 Å². The van der Waals surface area contributed by atoms with Crippen molar-refractivity contribution in [2.45, 2.75) is 26.8 Å². The molecular formula is C12H27IN4S. The Morgan fingerprint density at radius 3 is 2.39 bits per heavy atom. The number of nitrogens with two attached hydrogens (primary N) is 1. The largest absolute Gasteiger partial charge is 0.370 e. The lowest BCUT2D eigenvalue weighted by atomic mass is 10.3. The van der Waals surface area contributed by atoms with Crippen LogP contribution in [0.25, 0.3) is 0 Å². The van der Waals surface area contributed by atoms with Crippen molar-refractivity contribution >= 4 is 41.7 Å². The molecule has 0 aromatic carbocycles. The molecular weight excluding hydrogens is 359 g/mol. The number of hydrogen-bond acceptors (Lipinski definition) is 3. The first-order chi connectivity index (χ1) is 8.19. The van der Waals surface area contributed by atoms with Gasteiger partial charge >= 0.3 is 0 Å². The third-order valence-corrected chi connectivity index (χ3v) is 4.23. The number of likely N-dealkylation sites (N-methyl/N-ethyl adjacent to an activating group) is 1. The zero-order chi connectivity index (χ0) is 12.7. The monoisotopic (exact) mass is 386 g/mol. The molecule has 1 unspecified atom stereocenters. The Hall–Kier alpha value is 0.310. The Morgan fingerprint density at radius 1 is 1.33 bits per heavy atom. The Kier molecular flexibility index (Phi) is 10.3. The van der Waals surface area contributed by atoms with Gasteiger partial charge in [0, 0.05) is 30.6 Å². The molecule has 1 aliphatic rings. The van der Waals surface area contributed by atoms with Crippen molar-refractivity contribution in [3.63, 3.8) is 0 Å². The molecule has 2 N–H and O–H groups in total. The molecule has 0 aromatic heterocycles. The number of aliphatic imine (C=N–C) groups is 1. The number of nitrogens with zero attached hydrogens (tertiary/aromatic N) is 3. The molecule has 1 aliphatic heterocycles. The fraction of sp³-hybridized carbons (Fsp3) is 0.917. The van der Waals surface area contributed by atoms with Gasteiger partial charge in [0.15, 0.2) is 5.96 Å². The fourth-order valence-corrected chi connectivity index (χ4v) is 2.98. The van der Waals surface area contributed by atoms with Gasteiger partial charge in [0.1, 0.15) is 0 Å². The van der Waals surface area contributed by atoms with Gasteiger partial charge in [-0.3, -0.25) is 9.89 Å². The summed E-state index contributed by atoms with van der Waals surface area (Å²) in [7, 11) is 0. The van der Waals surface area contributed by atoms with Crippen molar-refractivity contribution in [1.82, 2.24) is 9.80 Å². The highest BCUT2D eigenvalue weighted by molar-refractivity contribution is 14.0. The summed E-state index contributed by atoms with van der Waals surface area (Å²) in [5, 5.41) is 0. The predicted molar refractivity (Wildman–Crippen MR) is 93.2 cm³/mol. The van der Waals surface area contributed by atoms with E-state index in [0.29, 0.717) is 6.04 Å². The number of hydrogen-bond donors (Lipinski definition) is 1. The zero-order valence-electron chi connectivity index (χ0n) is 11.8. The van der Waals surface area contributed by atoms with E-state index < -0.39 is 0 Å². The maximum absolute atomic E-state index is 6.03. The van der Waals surface area contributed by atoms with Gasteiger partial charge in [-0.25, -0.2) is 0 Å². The summed E-state index contributed by atoms with van der Waals surface area (Å²) in [6, 6.07) is 0.475. The molecule has 0 saturated carbocycles. The second kappa shape index (κ2) is 10.1. The number of thioether (sulfide) groups is 1. The maximum atomic E-state index is 6.03. The molecule has 1 rings (SSSR count). The van der Waals surface area contributed by atoms with Gasteiger partial charge in [-0.05, 0) is 20.0 Å². The molecule has 0 spiro atoms. The van der Waals surface area contributed by atoms with E-state index in [-0.39, 0.29) is 24.0 Å². The first kappa shape index (κ1) is 18.3. The molecule has 0 aliphatic carbocycles. The fourth-order valence-electron chi connectivity index (χ4n) is 2.08. The number of halogens is 1. The highest BCUT2D eigenvalue weighted by Crippen LogP contribution is 2.08. The third kappa shape index (κ3) is 5.97. The minimum absolute atomic E-state index is 0.